The van der Waals surface area contributed by atoms with Crippen LogP contribution in [0.25, 0.3) is 11.5 Å². The lowest BCUT2D eigenvalue weighted by molar-refractivity contribution is -0.116. The van der Waals surface area contributed by atoms with Gasteiger partial charge in [0.15, 0.2) is 5.42 Å². The summed E-state index contributed by atoms with van der Waals surface area (Å²) in [5, 5.41) is 4.51. The molecule has 0 aromatic carbocycles. The number of carbonyl (C=O) groups excluding carboxylic acids is 1. The first-order valence-electron chi connectivity index (χ1n) is 5.62. The van der Waals surface area contributed by atoms with Gasteiger partial charge in [-0.2, -0.15) is 0 Å². The van der Waals surface area contributed by atoms with E-state index in [9.17, 15) is 4.79 Å². The molecular weight excluding hydrogens is 250 g/mol. The van der Waals surface area contributed by atoms with Crippen LogP contribution in [0.3, 0.4) is 0 Å². The smallest absolute Gasteiger partial charge is 0.218 e. The lowest BCUT2D eigenvalue weighted by Crippen LogP contribution is -2.38. The first-order valence-corrected chi connectivity index (χ1v) is 5.62. The van der Waals surface area contributed by atoms with Gasteiger partial charge in [-0.3, -0.25) is 4.79 Å². The van der Waals surface area contributed by atoms with Gasteiger partial charge in [0, 0.05) is 6.07 Å². The van der Waals surface area contributed by atoms with Gasteiger partial charge in [-0.05, 0) is 6.07 Å². The molecule has 2 aromatic rings. The standard InChI is InChI=1S/C13H11NO5/c1-16-11-7-3-5-18-12(7)13(17-2)10(15)9(11)8-4-6-19-14-8/h3-6,9H,1-2H3. The van der Waals surface area contributed by atoms with Crippen molar-refractivity contribution in [1.82, 2.24) is 5.16 Å². The number of carbonyl (C=O) groups is 1. The third-order valence-electron chi connectivity index (χ3n) is 3.06. The van der Waals surface area contributed by atoms with Crippen molar-refractivity contribution in [1.29, 1.82) is 0 Å². The van der Waals surface area contributed by atoms with E-state index in [1.807, 2.05) is 0 Å². The number of ether oxygens (including phenoxy) is 2. The molecule has 6 nitrogen and oxygen atoms in total. The lowest BCUT2D eigenvalue weighted by atomic mass is 9.92. The number of Topliss-reactive ketones (excluding diaryl/α,β-unsaturated/α-hetero) is 1. The molecule has 0 fully saturated rings. The van der Waals surface area contributed by atoms with Crippen molar-refractivity contribution in [2.45, 2.75) is 5.92 Å². The summed E-state index contributed by atoms with van der Waals surface area (Å²) < 4.78 is 20.6. The van der Waals surface area contributed by atoms with Gasteiger partial charge in [0.2, 0.25) is 11.5 Å². The molecule has 0 spiro atoms. The van der Waals surface area contributed by atoms with Gasteiger partial charge in [-0.25, -0.2) is 0 Å². The van der Waals surface area contributed by atoms with Crippen LogP contribution < -0.4 is 10.6 Å². The Morgan fingerprint density at radius 3 is 2.68 bits per heavy atom. The maximum absolute atomic E-state index is 12.5. The second kappa shape index (κ2) is 4.31. The van der Waals surface area contributed by atoms with Crippen LogP contribution >= 0.6 is 0 Å². The number of fused-ring (bicyclic) bond motifs is 1. The highest BCUT2D eigenvalue weighted by Crippen LogP contribution is 2.29. The van der Waals surface area contributed by atoms with Crippen molar-refractivity contribution in [3.63, 3.8) is 0 Å². The Balaban J connectivity index is 2.34. The van der Waals surface area contributed by atoms with E-state index in [0.717, 1.165) is 0 Å². The molecule has 3 rings (SSSR count). The summed E-state index contributed by atoms with van der Waals surface area (Å²) in [6, 6.07) is 3.35. The number of aromatic nitrogens is 1. The van der Waals surface area contributed by atoms with Crippen LogP contribution in [0, 0.1) is 0 Å². The molecule has 19 heavy (non-hydrogen) atoms. The van der Waals surface area contributed by atoms with Crippen LogP contribution in [-0.2, 0) is 14.3 Å². The molecule has 6 heteroatoms. The largest absolute Gasteiger partial charge is 0.499 e. The molecule has 0 N–H and O–H groups in total. The zero-order valence-electron chi connectivity index (χ0n) is 10.4. The van der Waals surface area contributed by atoms with E-state index < -0.39 is 5.92 Å². The summed E-state index contributed by atoms with van der Waals surface area (Å²) in [7, 11) is 2.93. The third kappa shape index (κ3) is 1.56. The first kappa shape index (κ1) is 11.6. The maximum atomic E-state index is 12.5. The predicted octanol–water partition coefficient (Wildman–Crippen LogP) is 0.143. The summed E-state index contributed by atoms with van der Waals surface area (Å²) in [6.45, 7) is 0. The number of hydrogen-bond acceptors (Lipinski definition) is 6. The van der Waals surface area contributed by atoms with E-state index in [4.69, 9.17) is 18.4 Å². The van der Waals surface area contributed by atoms with Gasteiger partial charge < -0.3 is 18.4 Å². The Morgan fingerprint density at radius 2 is 2.05 bits per heavy atom. The van der Waals surface area contributed by atoms with E-state index >= 15 is 0 Å². The molecule has 0 radical (unpaired) electrons. The van der Waals surface area contributed by atoms with Gasteiger partial charge in [0.25, 0.3) is 0 Å². The van der Waals surface area contributed by atoms with E-state index in [1.54, 1.807) is 12.1 Å². The van der Waals surface area contributed by atoms with Gasteiger partial charge in [-0.1, -0.05) is 5.16 Å². The molecule has 1 aliphatic rings. The molecule has 2 heterocycles. The zero-order chi connectivity index (χ0) is 13.4. The van der Waals surface area contributed by atoms with Crippen molar-refractivity contribution in [2.24, 2.45) is 0 Å². The molecule has 0 bridgehead atoms. The summed E-state index contributed by atoms with van der Waals surface area (Å²) >= 11 is 0. The Hall–Kier alpha value is -2.50. The zero-order valence-corrected chi connectivity index (χ0v) is 10.4. The highest BCUT2D eigenvalue weighted by atomic mass is 16.5. The third-order valence-corrected chi connectivity index (χ3v) is 3.06. The van der Waals surface area contributed by atoms with E-state index in [0.29, 0.717) is 22.1 Å². The van der Waals surface area contributed by atoms with Crippen LogP contribution in [-0.4, -0.2) is 25.2 Å². The monoisotopic (exact) mass is 261 g/mol. The normalized spacial score (nSPS) is 18.4. The summed E-state index contributed by atoms with van der Waals surface area (Å²) in [6.07, 6.45) is 2.90. The van der Waals surface area contributed by atoms with Crippen LogP contribution in [0.15, 0.2) is 33.6 Å². The molecule has 0 aliphatic heterocycles. The molecule has 0 saturated heterocycles. The highest BCUT2D eigenvalue weighted by molar-refractivity contribution is 6.19. The SMILES string of the molecule is COC1=c2ccoc2=C(OC)C(=O)C1c1ccon1. The number of nitrogens with zero attached hydrogens (tertiary/aromatic N) is 1. The van der Waals surface area contributed by atoms with E-state index in [-0.39, 0.29) is 11.5 Å². The summed E-state index contributed by atoms with van der Waals surface area (Å²) in [4.78, 5) is 12.5. The van der Waals surface area contributed by atoms with Crippen molar-refractivity contribution >= 4 is 17.3 Å². The van der Waals surface area contributed by atoms with Crippen LogP contribution in [0.1, 0.15) is 11.6 Å². The lowest BCUT2D eigenvalue weighted by Gasteiger charge is -2.19. The average molecular weight is 261 g/mol. The number of hydrogen-bond donors (Lipinski definition) is 0. The van der Waals surface area contributed by atoms with Gasteiger partial charge >= 0.3 is 0 Å². The minimum atomic E-state index is -0.677. The van der Waals surface area contributed by atoms with E-state index in [1.165, 1.54) is 26.7 Å². The number of furan rings is 1. The molecular formula is C13H11NO5. The Kier molecular flexibility index (Phi) is 2.63. The molecule has 1 unspecified atom stereocenters. The Bertz CT molecular complexity index is 725. The van der Waals surface area contributed by atoms with Crippen LogP contribution in [0.2, 0.25) is 0 Å². The predicted molar refractivity (Wildman–Crippen MR) is 63.0 cm³/mol. The summed E-state index contributed by atoms with van der Waals surface area (Å²) in [5.74, 6) is -0.309. The minimum absolute atomic E-state index is 0.161. The Morgan fingerprint density at radius 1 is 1.21 bits per heavy atom. The second-order valence-corrected chi connectivity index (χ2v) is 3.99. The molecule has 0 amide bonds. The molecule has 98 valence electrons. The fraction of sp³-hybridized carbons (Fsp3) is 0.231. The van der Waals surface area contributed by atoms with Gasteiger partial charge in [-0.15, -0.1) is 0 Å². The fourth-order valence-electron chi connectivity index (χ4n) is 2.26. The van der Waals surface area contributed by atoms with Crippen molar-refractivity contribution in [3.8, 4) is 0 Å². The Labute approximate surface area is 107 Å². The maximum Gasteiger partial charge on any atom is 0.218 e. The number of rotatable bonds is 3. The number of methoxy groups -OCH3 is 2. The van der Waals surface area contributed by atoms with Crippen molar-refractivity contribution in [2.75, 3.05) is 14.2 Å². The van der Waals surface area contributed by atoms with Crippen LogP contribution in [0.4, 0.5) is 0 Å². The second-order valence-electron chi connectivity index (χ2n) is 3.99. The van der Waals surface area contributed by atoms with E-state index in [2.05, 4.69) is 5.16 Å². The minimum Gasteiger partial charge on any atom is -0.499 e. The van der Waals surface area contributed by atoms with Crippen LogP contribution in [0.5, 0.6) is 0 Å². The van der Waals surface area contributed by atoms with Crippen molar-refractivity contribution in [3.05, 3.63) is 41.0 Å². The summed E-state index contributed by atoms with van der Waals surface area (Å²) in [5.41, 5.74) is 0.854. The van der Waals surface area contributed by atoms with Gasteiger partial charge in [0.05, 0.1) is 25.7 Å². The average Bonchev–Trinajstić information content (AvgIpc) is 3.07. The van der Waals surface area contributed by atoms with Crippen molar-refractivity contribution < 1.29 is 23.2 Å². The fourth-order valence-corrected chi connectivity index (χ4v) is 2.26. The molecule has 0 saturated carbocycles. The number of ketones is 1. The molecule has 1 atom stereocenters. The first-order chi connectivity index (χ1) is 9.27. The highest BCUT2D eigenvalue weighted by Gasteiger charge is 2.37. The molecule has 1 aliphatic carbocycles. The quantitative estimate of drug-likeness (QED) is 0.782. The van der Waals surface area contributed by atoms with Gasteiger partial charge in [0.1, 0.15) is 23.6 Å². The topological polar surface area (TPSA) is 74.7 Å². The molecule has 2 aromatic heterocycles.